The van der Waals surface area contributed by atoms with Crippen molar-refractivity contribution < 1.29 is 33.8 Å². The Morgan fingerprint density at radius 3 is 2.35 bits per heavy atom. The van der Waals surface area contributed by atoms with E-state index in [1.807, 2.05) is 0 Å². The standard InChI is InChI=1S/C19H23N5O7/c1-31-16(28)8-13-19(30)23(10-15(26)27)6-7-24(13)14(25)9-22-18(29)12-4-2-11(3-5-12)17(20)21/h2-5,13H,6-10H2,1H3,(H3,20,21)(H,22,29)(H,26,27)/t13-/m1/s1. The van der Waals surface area contributed by atoms with Gasteiger partial charge in [-0.05, 0) is 12.1 Å². The number of esters is 1. The van der Waals surface area contributed by atoms with E-state index in [0.717, 1.165) is 16.9 Å². The minimum Gasteiger partial charge on any atom is -0.480 e. The number of amides is 3. The molecule has 0 bridgehead atoms. The maximum atomic E-state index is 12.7. The Morgan fingerprint density at radius 1 is 1.19 bits per heavy atom. The molecule has 0 aromatic heterocycles. The van der Waals surface area contributed by atoms with Crippen LogP contribution in [0.1, 0.15) is 22.3 Å². The van der Waals surface area contributed by atoms with Gasteiger partial charge in [0.25, 0.3) is 5.91 Å². The van der Waals surface area contributed by atoms with Crippen LogP contribution in [0.3, 0.4) is 0 Å². The number of nitrogens with one attached hydrogen (secondary N) is 2. The van der Waals surface area contributed by atoms with Gasteiger partial charge in [-0.2, -0.15) is 0 Å². The lowest BCUT2D eigenvalue weighted by atomic mass is 10.1. The molecule has 5 N–H and O–H groups in total. The van der Waals surface area contributed by atoms with Gasteiger partial charge < -0.3 is 30.7 Å². The highest BCUT2D eigenvalue weighted by Crippen LogP contribution is 2.16. The number of nitrogens with zero attached hydrogens (tertiary/aromatic N) is 2. The number of ether oxygens (including phenoxy) is 1. The average Bonchev–Trinajstić information content (AvgIpc) is 2.74. The fourth-order valence-corrected chi connectivity index (χ4v) is 3.06. The first kappa shape index (κ1) is 23.3. The van der Waals surface area contributed by atoms with Gasteiger partial charge in [0.05, 0.1) is 20.1 Å². The molecule has 3 amide bonds. The first-order valence-corrected chi connectivity index (χ1v) is 9.23. The van der Waals surface area contributed by atoms with Gasteiger partial charge >= 0.3 is 11.9 Å². The highest BCUT2D eigenvalue weighted by Gasteiger charge is 2.39. The van der Waals surface area contributed by atoms with Gasteiger partial charge in [-0.1, -0.05) is 12.1 Å². The lowest BCUT2D eigenvalue weighted by molar-refractivity contribution is -0.158. The fraction of sp³-hybridized carbons (Fsp3) is 0.368. The maximum absolute atomic E-state index is 12.7. The molecule has 1 aliphatic rings. The number of hydrogen-bond donors (Lipinski definition) is 4. The summed E-state index contributed by atoms with van der Waals surface area (Å²) in [5, 5.41) is 18.7. The lowest BCUT2D eigenvalue weighted by Crippen LogP contribution is -2.61. The minimum atomic E-state index is -1.22. The third-order valence-corrected chi connectivity index (χ3v) is 4.68. The molecule has 31 heavy (non-hydrogen) atoms. The summed E-state index contributed by atoms with van der Waals surface area (Å²) in [6.45, 7) is -1.000. The molecule has 1 fully saturated rings. The highest BCUT2D eigenvalue weighted by atomic mass is 16.5. The molecule has 1 heterocycles. The number of carboxylic acid groups (broad SMARTS) is 1. The third kappa shape index (κ3) is 6.01. The van der Waals surface area contributed by atoms with Crippen molar-refractivity contribution in [1.82, 2.24) is 15.1 Å². The molecule has 166 valence electrons. The van der Waals surface area contributed by atoms with E-state index in [1.54, 1.807) is 0 Å². The molecule has 0 radical (unpaired) electrons. The summed E-state index contributed by atoms with van der Waals surface area (Å²) in [5.41, 5.74) is 6.04. The number of carbonyl (C=O) groups is 5. The van der Waals surface area contributed by atoms with Gasteiger partial charge in [-0.15, -0.1) is 0 Å². The summed E-state index contributed by atoms with van der Waals surface area (Å²) in [5.74, 6) is -3.94. The second-order valence-electron chi connectivity index (χ2n) is 6.71. The normalized spacial score (nSPS) is 15.9. The Hall–Kier alpha value is -3.96. The van der Waals surface area contributed by atoms with Gasteiger partial charge in [0.2, 0.25) is 11.8 Å². The molecule has 0 saturated carbocycles. The van der Waals surface area contributed by atoms with E-state index >= 15 is 0 Å². The highest BCUT2D eigenvalue weighted by molar-refractivity contribution is 6.00. The van der Waals surface area contributed by atoms with Crippen LogP contribution in [0.25, 0.3) is 0 Å². The lowest BCUT2D eigenvalue weighted by Gasteiger charge is -2.39. The van der Waals surface area contributed by atoms with Crippen molar-refractivity contribution >= 4 is 35.5 Å². The molecule has 0 spiro atoms. The number of aliphatic carboxylic acids is 1. The monoisotopic (exact) mass is 433 g/mol. The van der Waals surface area contributed by atoms with Gasteiger partial charge in [-0.3, -0.25) is 29.4 Å². The Kier molecular flexibility index (Phi) is 7.66. The molecule has 12 heteroatoms. The number of hydrogen-bond acceptors (Lipinski definition) is 7. The first-order valence-electron chi connectivity index (χ1n) is 9.23. The predicted octanol–water partition coefficient (Wildman–Crippen LogP) is -1.61. The molecule has 1 atom stereocenters. The largest absolute Gasteiger partial charge is 0.480 e. The number of piperazine rings is 1. The molecule has 0 unspecified atom stereocenters. The molecular weight excluding hydrogens is 410 g/mol. The molecular formula is C19H23N5O7. The maximum Gasteiger partial charge on any atom is 0.323 e. The summed E-state index contributed by atoms with van der Waals surface area (Å²) in [6.07, 6.45) is -0.433. The van der Waals surface area contributed by atoms with E-state index in [4.69, 9.17) is 16.2 Å². The quantitative estimate of drug-likeness (QED) is 0.214. The van der Waals surface area contributed by atoms with E-state index < -0.39 is 55.2 Å². The summed E-state index contributed by atoms with van der Waals surface area (Å²) < 4.78 is 4.57. The fourth-order valence-electron chi connectivity index (χ4n) is 3.06. The van der Waals surface area contributed by atoms with Crippen molar-refractivity contribution in [3.63, 3.8) is 0 Å². The molecule has 1 saturated heterocycles. The van der Waals surface area contributed by atoms with Crippen molar-refractivity contribution in [2.45, 2.75) is 12.5 Å². The summed E-state index contributed by atoms with van der Waals surface area (Å²) >= 11 is 0. The second kappa shape index (κ2) is 10.2. The zero-order chi connectivity index (χ0) is 23.1. The third-order valence-electron chi connectivity index (χ3n) is 4.68. The van der Waals surface area contributed by atoms with Gasteiger partial charge in [0.15, 0.2) is 0 Å². The van der Waals surface area contributed by atoms with Crippen LogP contribution >= 0.6 is 0 Å². The number of carboxylic acids is 1. The number of nitrogen functional groups attached to an aromatic ring is 1. The van der Waals surface area contributed by atoms with Crippen molar-refractivity contribution in [2.75, 3.05) is 33.3 Å². The van der Waals surface area contributed by atoms with E-state index in [-0.39, 0.29) is 24.5 Å². The van der Waals surface area contributed by atoms with Crippen molar-refractivity contribution in [3.8, 4) is 0 Å². The van der Waals surface area contributed by atoms with Crippen molar-refractivity contribution in [3.05, 3.63) is 35.4 Å². The SMILES string of the molecule is COC(=O)C[C@@H]1C(=O)N(CC(=O)O)CCN1C(=O)CNC(=O)c1ccc(C(=N)N)cc1. The topological polar surface area (TPSA) is 183 Å². The van der Waals surface area contributed by atoms with E-state index in [9.17, 15) is 24.0 Å². The van der Waals surface area contributed by atoms with Gasteiger partial charge in [-0.25, -0.2) is 0 Å². The van der Waals surface area contributed by atoms with E-state index in [1.165, 1.54) is 24.3 Å². The average molecular weight is 433 g/mol. The van der Waals surface area contributed by atoms with Crippen LogP contribution in [-0.4, -0.2) is 89.7 Å². The van der Waals surface area contributed by atoms with Gasteiger partial charge in [0, 0.05) is 24.2 Å². The number of rotatable bonds is 8. The summed E-state index contributed by atoms with van der Waals surface area (Å²) in [4.78, 5) is 62.4. The molecule has 1 aromatic carbocycles. The van der Waals surface area contributed by atoms with Crippen LogP contribution < -0.4 is 11.1 Å². The minimum absolute atomic E-state index is 0.00267. The summed E-state index contributed by atoms with van der Waals surface area (Å²) in [6, 6.07) is 4.66. The van der Waals surface area contributed by atoms with Crippen LogP contribution in [0.15, 0.2) is 24.3 Å². The molecule has 1 aromatic rings. The Balaban J connectivity index is 2.06. The molecule has 0 aliphatic carbocycles. The zero-order valence-electron chi connectivity index (χ0n) is 16.8. The van der Waals surface area contributed by atoms with E-state index in [0.29, 0.717) is 5.56 Å². The van der Waals surface area contributed by atoms with Crippen LogP contribution in [0.5, 0.6) is 0 Å². The summed E-state index contributed by atoms with van der Waals surface area (Å²) in [7, 11) is 1.13. The smallest absolute Gasteiger partial charge is 0.323 e. The van der Waals surface area contributed by atoms with Crippen LogP contribution in [0, 0.1) is 5.41 Å². The Morgan fingerprint density at radius 2 is 1.81 bits per heavy atom. The van der Waals surface area contributed by atoms with Crippen LogP contribution in [-0.2, 0) is 23.9 Å². The molecule has 12 nitrogen and oxygen atoms in total. The molecule has 2 rings (SSSR count). The number of benzene rings is 1. The van der Waals surface area contributed by atoms with Crippen LogP contribution in [0.4, 0.5) is 0 Å². The second-order valence-corrected chi connectivity index (χ2v) is 6.71. The Bertz CT molecular complexity index is 899. The predicted molar refractivity (Wildman–Crippen MR) is 106 cm³/mol. The van der Waals surface area contributed by atoms with Crippen LogP contribution in [0.2, 0.25) is 0 Å². The number of nitrogens with two attached hydrogens (primary N) is 1. The Labute approximate surface area is 177 Å². The number of amidine groups is 1. The van der Waals surface area contributed by atoms with Crippen molar-refractivity contribution in [2.24, 2.45) is 5.73 Å². The van der Waals surface area contributed by atoms with Gasteiger partial charge in [0.1, 0.15) is 18.4 Å². The number of methoxy groups -OCH3 is 1. The first-order chi connectivity index (χ1) is 14.6. The zero-order valence-corrected chi connectivity index (χ0v) is 16.8. The van der Waals surface area contributed by atoms with Crippen molar-refractivity contribution in [1.29, 1.82) is 5.41 Å². The number of carbonyl (C=O) groups excluding carboxylic acids is 4. The molecule has 1 aliphatic heterocycles. The van der Waals surface area contributed by atoms with E-state index in [2.05, 4.69) is 10.1 Å².